The molecule has 1 amide bonds. The smallest absolute Gasteiger partial charge is 0.225 e. The van der Waals surface area contributed by atoms with Crippen LogP contribution in [0.15, 0.2) is 24.3 Å². The molecule has 122 valence electrons. The Balaban J connectivity index is 1.37. The van der Waals surface area contributed by atoms with Gasteiger partial charge < -0.3 is 15.2 Å². The Morgan fingerprint density at radius 3 is 2.83 bits per heavy atom. The molecule has 23 heavy (non-hydrogen) atoms. The summed E-state index contributed by atoms with van der Waals surface area (Å²) in [5.41, 5.74) is 2.02. The number of aromatic nitrogens is 2. The summed E-state index contributed by atoms with van der Waals surface area (Å²) in [5.74, 6) is 1.45. The molecule has 1 aromatic carbocycles. The van der Waals surface area contributed by atoms with Gasteiger partial charge in [0.1, 0.15) is 0 Å². The van der Waals surface area contributed by atoms with E-state index in [1.807, 2.05) is 24.3 Å². The second-order valence-electron chi connectivity index (χ2n) is 6.85. The van der Waals surface area contributed by atoms with Crippen LogP contribution >= 0.6 is 0 Å². The normalized spacial score (nSPS) is 22.6. The largest absolute Gasteiger partial charge is 0.351 e. The van der Waals surface area contributed by atoms with E-state index < -0.39 is 0 Å². The van der Waals surface area contributed by atoms with Crippen LogP contribution in [0.4, 0.5) is 5.95 Å². The minimum Gasteiger partial charge on any atom is -0.351 e. The van der Waals surface area contributed by atoms with E-state index in [4.69, 9.17) is 0 Å². The lowest BCUT2D eigenvalue weighted by molar-refractivity contribution is -0.135. The number of H-pyrrole nitrogens is 1. The second kappa shape index (κ2) is 6.22. The van der Waals surface area contributed by atoms with Crippen molar-refractivity contribution < 1.29 is 4.79 Å². The molecule has 2 aliphatic rings. The molecule has 1 unspecified atom stereocenters. The zero-order chi connectivity index (χ0) is 15.6. The summed E-state index contributed by atoms with van der Waals surface area (Å²) < 4.78 is 0. The Bertz CT molecular complexity index is 656. The first-order valence-corrected chi connectivity index (χ1v) is 8.80. The predicted octanol–water partition coefficient (Wildman–Crippen LogP) is 3.16. The number of hydrogen-bond donors (Lipinski definition) is 2. The molecule has 2 fully saturated rings. The molecule has 5 heteroatoms. The first kappa shape index (κ1) is 14.5. The number of nitrogens with one attached hydrogen (secondary N) is 2. The van der Waals surface area contributed by atoms with Gasteiger partial charge >= 0.3 is 0 Å². The lowest BCUT2D eigenvalue weighted by Crippen LogP contribution is -2.36. The number of hydrogen-bond acceptors (Lipinski definition) is 3. The van der Waals surface area contributed by atoms with Crippen LogP contribution in [-0.2, 0) is 4.79 Å². The van der Waals surface area contributed by atoms with Gasteiger partial charge in [0.15, 0.2) is 0 Å². The van der Waals surface area contributed by atoms with E-state index in [9.17, 15) is 4.79 Å². The van der Waals surface area contributed by atoms with Crippen molar-refractivity contribution >= 4 is 22.9 Å². The number of rotatable bonds is 3. The van der Waals surface area contributed by atoms with Crippen LogP contribution in [0.25, 0.3) is 11.0 Å². The summed E-state index contributed by atoms with van der Waals surface area (Å²) in [4.78, 5) is 22.5. The highest BCUT2D eigenvalue weighted by molar-refractivity contribution is 5.79. The molecule has 2 aromatic rings. The highest BCUT2D eigenvalue weighted by Gasteiger charge is 2.31. The van der Waals surface area contributed by atoms with Crippen LogP contribution in [-0.4, -0.2) is 39.9 Å². The van der Waals surface area contributed by atoms with E-state index in [1.165, 1.54) is 19.3 Å². The molecular weight excluding hydrogens is 288 g/mol. The fraction of sp³-hybridized carbons (Fsp3) is 0.556. The molecular formula is C18H24N4O. The molecule has 4 rings (SSSR count). The molecule has 1 aromatic heterocycles. The van der Waals surface area contributed by atoms with E-state index in [2.05, 4.69) is 20.2 Å². The Kier molecular flexibility index (Phi) is 3.93. The number of carbonyl (C=O) groups is 1. The minimum atomic E-state index is 0.272. The number of amides is 1. The summed E-state index contributed by atoms with van der Waals surface area (Å²) in [7, 11) is 0. The molecule has 2 heterocycles. The predicted molar refractivity (Wildman–Crippen MR) is 91.3 cm³/mol. The fourth-order valence-electron chi connectivity index (χ4n) is 3.90. The maximum Gasteiger partial charge on any atom is 0.225 e. The first-order valence-electron chi connectivity index (χ1n) is 8.80. The second-order valence-corrected chi connectivity index (χ2v) is 6.85. The van der Waals surface area contributed by atoms with Gasteiger partial charge in [0.2, 0.25) is 11.9 Å². The average Bonchev–Trinajstić information content (AvgIpc) is 3.21. The fourth-order valence-corrected chi connectivity index (χ4v) is 3.90. The molecule has 1 saturated carbocycles. The lowest BCUT2D eigenvalue weighted by Gasteiger charge is -2.26. The third-order valence-electron chi connectivity index (χ3n) is 5.18. The van der Waals surface area contributed by atoms with Crippen LogP contribution < -0.4 is 5.32 Å². The number of likely N-dealkylation sites (tertiary alicyclic amines) is 1. The van der Waals surface area contributed by atoms with Crippen molar-refractivity contribution in [1.29, 1.82) is 0 Å². The number of aromatic amines is 1. The maximum absolute atomic E-state index is 12.6. The van der Waals surface area contributed by atoms with Gasteiger partial charge in [-0.15, -0.1) is 0 Å². The third-order valence-corrected chi connectivity index (χ3v) is 5.18. The molecule has 0 bridgehead atoms. The average molecular weight is 312 g/mol. The number of anilines is 1. The summed E-state index contributed by atoms with van der Waals surface area (Å²) in [6.45, 7) is 1.67. The Labute approximate surface area is 136 Å². The zero-order valence-corrected chi connectivity index (χ0v) is 13.4. The highest BCUT2D eigenvalue weighted by atomic mass is 16.2. The van der Waals surface area contributed by atoms with Crippen molar-refractivity contribution in [3.05, 3.63) is 24.3 Å². The number of carbonyl (C=O) groups excluding carboxylic acids is 1. The highest BCUT2D eigenvalue weighted by Crippen LogP contribution is 2.27. The SMILES string of the molecule is O=C(C1CCCCC1)N1CCC(Nc2nc3ccccc3[nH]2)C1. The van der Waals surface area contributed by atoms with Gasteiger partial charge in [-0.1, -0.05) is 31.4 Å². The molecule has 5 nitrogen and oxygen atoms in total. The van der Waals surface area contributed by atoms with E-state index in [0.717, 1.165) is 49.3 Å². The topological polar surface area (TPSA) is 61.0 Å². The van der Waals surface area contributed by atoms with Crippen LogP contribution in [0, 0.1) is 5.92 Å². The third kappa shape index (κ3) is 3.05. The minimum absolute atomic E-state index is 0.272. The number of imidazole rings is 1. The van der Waals surface area contributed by atoms with Gasteiger partial charge in [0, 0.05) is 25.0 Å². The number of para-hydroxylation sites is 2. The van der Waals surface area contributed by atoms with Crippen molar-refractivity contribution in [3.63, 3.8) is 0 Å². The van der Waals surface area contributed by atoms with Crippen LogP contribution in [0.5, 0.6) is 0 Å². The van der Waals surface area contributed by atoms with Gasteiger partial charge in [-0.05, 0) is 31.4 Å². The van der Waals surface area contributed by atoms with E-state index >= 15 is 0 Å². The Morgan fingerprint density at radius 2 is 2.00 bits per heavy atom. The monoisotopic (exact) mass is 312 g/mol. The van der Waals surface area contributed by atoms with E-state index in [1.54, 1.807) is 0 Å². The first-order chi connectivity index (χ1) is 11.3. The molecule has 0 spiro atoms. The van der Waals surface area contributed by atoms with Crippen molar-refractivity contribution in [2.75, 3.05) is 18.4 Å². The van der Waals surface area contributed by atoms with Gasteiger partial charge in [0.05, 0.1) is 11.0 Å². The van der Waals surface area contributed by atoms with Crippen molar-refractivity contribution in [1.82, 2.24) is 14.9 Å². The number of fused-ring (bicyclic) bond motifs is 1. The van der Waals surface area contributed by atoms with Crippen molar-refractivity contribution in [3.8, 4) is 0 Å². The van der Waals surface area contributed by atoms with E-state index in [-0.39, 0.29) is 5.92 Å². The van der Waals surface area contributed by atoms with Crippen molar-refractivity contribution in [2.45, 2.75) is 44.6 Å². The molecule has 1 saturated heterocycles. The summed E-state index contributed by atoms with van der Waals surface area (Å²) in [6.07, 6.45) is 6.87. The van der Waals surface area contributed by atoms with Crippen LogP contribution in [0.2, 0.25) is 0 Å². The summed E-state index contributed by atoms with van der Waals surface area (Å²) in [6, 6.07) is 8.33. The Morgan fingerprint density at radius 1 is 1.17 bits per heavy atom. The lowest BCUT2D eigenvalue weighted by atomic mass is 9.88. The van der Waals surface area contributed by atoms with Gasteiger partial charge in [0.25, 0.3) is 0 Å². The van der Waals surface area contributed by atoms with Crippen molar-refractivity contribution in [2.24, 2.45) is 5.92 Å². The van der Waals surface area contributed by atoms with Crippen LogP contribution in [0.1, 0.15) is 38.5 Å². The van der Waals surface area contributed by atoms with Crippen LogP contribution in [0.3, 0.4) is 0 Å². The molecule has 0 radical (unpaired) electrons. The van der Waals surface area contributed by atoms with Gasteiger partial charge in [-0.2, -0.15) is 0 Å². The Hall–Kier alpha value is -2.04. The summed E-state index contributed by atoms with van der Waals surface area (Å²) in [5, 5.41) is 3.46. The summed E-state index contributed by atoms with van der Waals surface area (Å²) >= 11 is 0. The van der Waals surface area contributed by atoms with Gasteiger partial charge in [-0.25, -0.2) is 4.98 Å². The van der Waals surface area contributed by atoms with Gasteiger partial charge in [-0.3, -0.25) is 4.79 Å². The molecule has 1 aliphatic carbocycles. The number of nitrogens with zero attached hydrogens (tertiary/aromatic N) is 2. The number of benzene rings is 1. The zero-order valence-electron chi connectivity index (χ0n) is 13.4. The quantitative estimate of drug-likeness (QED) is 0.915. The maximum atomic E-state index is 12.6. The standard InChI is InChI=1S/C18H24N4O/c23-17(13-6-2-1-3-7-13)22-11-10-14(12-22)19-18-20-15-8-4-5-9-16(15)21-18/h4-5,8-9,13-14H,1-3,6-7,10-12H2,(H2,19,20,21). The van der Waals surface area contributed by atoms with E-state index in [0.29, 0.717) is 11.9 Å². The molecule has 1 aliphatic heterocycles. The molecule has 2 N–H and O–H groups in total. The molecule has 1 atom stereocenters.